The van der Waals surface area contributed by atoms with E-state index in [1.807, 2.05) is 0 Å². The number of nitrogens with two attached hydrogens (primary N) is 1. The Labute approximate surface area is 75.9 Å². The van der Waals surface area contributed by atoms with Crippen LogP contribution in [0.5, 0.6) is 0 Å². The molecule has 72 valence electrons. The van der Waals surface area contributed by atoms with Gasteiger partial charge in [0.2, 0.25) is 0 Å². The highest BCUT2D eigenvalue weighted by molar-refractivity contribution is 5.85. The molecule has 0 spiro atoms. The SMILES string of the molecule is Cl.N[C@@H]1[C@@H](O)[C@H]2CO[C@H](O2)[C@@H]1O. The van der Waals surface area contributed by atoms with Gasteiger partial charge in [0.05, 0.1) is 12.6 Å². The second kappa shape index (κ2) is 3.45. The smallest absolute Gasteiger partial charge is 0.185 e. The third kappa shape index (κ3) is 1.32. The Balaban J connectivity index is 0.000000720. The van der Waals surface area contributed by atoms with Crippen molar-refractivity contribution in [3.63, 3.8) is 0 Å². The Morgan fingerprint density at radius 3 is 2.58 bits per heavy atom. The fourth-order valence-corrected chi connectivity index (χ4v) is 1.43. The maximum absolute atomic E-state index is 9.34. The minimum absolute atomic E-state index is 0. The molecule has 2 saturated heterocycles. The molecule has 2 aliphatic heterocycles. The summed E-state index contributed by atoms with van der Waals surface area (Å²) in [7, 11) is 0. The number of halogens is 1. The fraction of sp³-hybridized carbons (Fsp3) is 1.00. The van der Waals surface area contributed by atoms with E-state index >= 15 is 0 Å². The monoisotopic (exact) mass is 197 g/mol. The van der Waals surface area contributed by atoms with Gasteiger partial charge in [0.25, 0.3) is 0 Å². The van der Waals surface area contributed by atoms with Gasteiger partial charge < -0.3 is 25.4 Å². The standard InChI is InChI=1S/C6H11NO4.ClH/c7-3-4(8)2-1-10-6(11-2)5(3)9;/h2-6,8-9H,1,7H2;1H/t2-,3-,4+,5-,6-;/m1./s1. The molecule has 2 bridgehead atoms. The lowest BCUT2D eigenvalue weighted by Gasteiger charge is -2.33. The number of fused-ring (bicyclic) bond motifs is 2. The van der Waals surface area contributed by atoms with E-state index < -0.39 is 24.5 Å². The first kappa shape index (κ1) is 10.2. The molecule has 5 atom stereocenters. The summed E-state index contributed by atoms with van der Waals surface area (Å²) in [5, 5.41) is 18.6. The van der Waals surface area contributed by atoms with E-state index in [1.165, 1.54) is 0 Å². The molecule has 0 amide bonds. The van der Waals surface area contributed by atoms with Gasteiger partial charge in [-0.15, -0.1) is 12.4 Å². The zero-order valence-electron chi connectivity index (χ0n) is 6.29. The molecule has 4 N–H and O–H groups in total. The average molecular weight is 198 g/mol. The van der Waals surface area contributed by atoms with Gasteiger partial charge in [-0.05, 0) is 0 Å². The van der Waals surface area contributed by atoms with Crippen LogP contribution in [0.3, 0.4) is 0 Å². The molecule has 2 aliphatic rings. The highest BCUT2D eigenvalue weighted by Gasteiger charge is 2.47. The first-order valence-electron chi connectivity index (χ1n) is 3.59. The van der Waals surface area contributed by atoms with Crippen molar-refractivity contribution in [3.05, 3.63) is 0 Å². The highest BCUT2D eigenvalue weighted by atomic mass is 35.5. The summed E-state index contributed by atoms with van der Waals surface area (Å²) in [6.45, 7) is 0.316. The Morgan fingerprint density at radius 1 is 1.25 bits per heavy atom. The first-order chi connectivity index (χ1) is 5.20. The molecule has 0 aromatic heterocycles. The van der Waals surface area contributed by atoms with Crippen LogP contribution in [0.4, 0.5) is 0 Å². The van der Waals surface area contributed by atoms with Gasteiger partial charge in [0.1, 0.15) is 18.3 Å². The Hall–Kier alpha value is 0.0900. The number of hydrogen-bond donors (Lipinski definition) is 3. The van der Waals surface area contributed by atoms with E-state index in [0.29, 0.717) is 6.61 Å². The quantitative estimate of drug-likeness (QED) is 0.427. The molecular weight excluding hydrogens is 186 g/mol. The summed E-state index contributed by atoms with van der Waals surface area (Å²) in [4.78, 5) is 0. The molecule has 0 radical (unpaired) electrons. The van der Waals surface area contributed by atoms with Crippen molar-refractivity contribution in [2.45, 2.75) is 30.6 Å². The van der Waals surface area contributed by atoms with Crippen molar-refractivity contribution in [1.29, 1.82) is 0 Å². The normalized spacial score (nSPS) is 51.8. The summed E-state index contributed by atoms with van der Waals surface area (Å²) < 4.78 is 10.1. The molecular formula is C6H12ClNO4. The van der Waals surface area contributed by atoms with Crippen LogP contribution in [0.1, 0.15) is 0 Å². The minimum atomic E-state index is -0.913. The number of aliphatic hydroxyl groups is 2. The lowest BCUT2D eigenvalue weighted by Crippen LogP contribution is -2.58. The zero-order chi connectivity index (χ0) is 8.01. The predicted molar refractivity (Wildman–Crippen MR) is 41.9 cm³/mol. The number of ether oxygens (including phenoxy) is 2. The first-order valence-corrected chi connectivity index (χ1v) is 3.59. The van der Waals surface area contributed by atoms with Crippen molar-refractivity contribution in [2.24, 2.45) is 5.73 Å². The van der Waals surface area contributed by atoms with Gasteiger partial charge in [-0.1, -0.05) is 0 Å². The van der Waals surface area contributed by atoms with E-state index in [9.17, 15) is 10.2 Å². The molecule has 0 saturated carbocycles. The third-order valence-electron chi connectivity index (χ3n) is 2.18. The van der Waals surface area contributed by atoms with Crippen molar-refractivity contribution < 1.29 is 19.7 Å². The van der Waals surface area contributed by atoms with Crippen LogP contribution in [-0.2, 0) is 9.47 Å². The van der Waals surface area contributed by atoms with Crippen LogP contribution in [0.15, 0.2) is 0 Å². The summed E-state index contributed by atoms with van der Waals surface area (Å²) in [5.74, 6) is 0. The maximum Gasteiger partial charge on any atom is 0.185 e. The molecule has 2 fully saturated rings. The summed E-state index contributed by atoms with van der Waals surface area (Å²) in [6, 6.07) is -0.652. The summed E-state index contributed by atoms with van der Waals surface area (Å²) in [6.07, 6.45) is -2.73. The largest absolute Gasteiger partial charge is 0.389 e. The zero-order valence-corrected chi connectivity index (χ0v) is 7.11. The number of rotatable bonds is 0. The Morgan fingerprint density at radius 2 is 1.92 bits per heavy atom. The van der Waals surface area contributed by atoms with Crippen molar-refractivity contribution >= 4 is 12.4 Å². The van der Waals surface area contributed by atoms with E-state index in [1.54, 1.807) is 0 Å². The van der Waals surface area contributed by atoms with E-state index in [4.69, 9.17) is 15.2 Å². The van der Waals surface area contributed by atoms with Gasteiger partial charge in [-0.25, -0.2) is 0 Å². The fourth-order valence-electron chi connectivity index (χ4n) is 1.43. The highest BCUT2D eigenvalue weighted by Crippen LogP contribution is 2.26. The lowest BCUT2D eigenvalue weighted by molar-refractivity contribution is -0.189. The van der Waals surface area contributed by atoms with Crippen LogP contribution in [-0.4, -0.2) is 47.5 Å². The van der Waals surface area contributed by atoms with Crippen molar-refractivity contribution in [1.82, 2.24) is 0 Å². The number of aliphatic hydroxyl groups excluding tert-OH is 2. The molecule has 0 aliphatic carbocycles. The Bertz CT molecular complexity index is 150. The molecule has 0 aromatic rings. The van der Waals surface area contributed by atoms with Gasteiger partial charge in [-0.3, -0.25) is 0 Å². The lowest BCUT2D eigenvalue weighted by atomic mass is 9.99. The average Bonchev–Trinajstić information content (AvgIpc) is 2.44. The molecule has 0 unspecified atom stereocenters. The van der Waals surface area contributed by atoms with E-state index in [-0.39, 0.29) is 18.5 Å². The third-order valence-corrected chi connectivity index (χ3v) is 2.18. The van der Waals surface area contributed by atoms with Crippen molar-refractivity contribution in [3.8, 4) is 0 Å². The second-order valence-corrected chi connectivity index (χ2v) is 2.93. The summed E-state index contributed by atoms with van der Waals surface area (Å²) >= 11 is 0. The van der Waals surface area contributed by atoms with Crippen molar-refractivity contribution in [2.75, 3.05) is 6.61 Å². The van der Waals surface area contributed by atoms with Gasteiger partial charge in [0.15, 0.2) is 6.29 Å². The minimum Gasteiger partial charge on any atom is -0.389 e. The van der Waals surface area contributed by atoms with E-state index in [2.05, 4.69) is 0 Å². The summed E-state index contributed by atoms with van der Waals surface area (Å²) in [5.41, 5.74) is 5.48. The Kier molecular flexibility index (Phi) is 2.92. The number of hydrogen-bond acceptors (Lipinski definition) is 5. The molecule has 0 aromatic carbocycles. The van der Waals surface area contributed by atoms with Crippen LogP contribution in [0, 0.1) is 0 Å². The van der Waals surface area contributed by atoms with Gasteiger partial charge >= 0.3 is 0 Å². The van der Waals surface area contributed by atoms with Crippen LogP contribution in [0.25, 0.3) is 0 Å². The van der Waals surface area contributed by atoms with Crippen LogP contribution in [0.2, 0.25) is 0 Å². The molecule has 5 nitrogen and oxygen atoms in total. The maximum atomic E-state index is 9.34. The topological polar surface area (TPSA) is 84.9 Å². The van der Waals surface area contributed by atoms with Gasteiger partial charge in [0, 0.05) is 0 Å². The van der Waals surface area contributed by atoms with Gasteiger partial charge in [-0.2, -0.15) is 0 Å². The predicted octanol–water partition coefficient (Wildman–Crippen LogP) is -1.79. The van der Waals surface area contributed by atoms with Crippen LogP contribution >= 0.6 is 12.4 Å². The second-order valence-electron chi connectivity index (χ2n) is 2.93. The molecule has 2 heterocycles. The van der Waals surface area contributed by atoms with E-state index in [0.717, 1.165) is 0 Å². The van der Waals surface area contributed by atoms with Crippen LogP contribution < -0.4 is 5.73 Å². The molecule has 12 heavy (non-hydrogen) atoms. The molecule has 6 heteroatoms. The molecule has 2 rings (SSSR count).